The van der Waals surface area contributed by atoms with Crippen molar-refractivity contribution >= 4 is 23.3 Å². The number of halogens is 1. The number of nitrogens with one attached hydrogen (secondary N) is 1. The quantitative estimate of drug-likeness (QED) is 0.561. The molecule has 0 radical (unpaired) electrons. The molecule has 38 valence electrons. The fraction of sp³-hybridized carbons (Fsp3) is 1.00. The lowest BCUT2D eigenvalue weighted by Gasteiger charge is -1.82. The van der Waals surface area contributed by atoms with Crippen LogP contribution in [0.15, 0.2) is 0 Å². The van der Waals surface area contributed by atoms with Gasteiger partial charge in [0.15, 0.2) is 0 Å². The third-order valence-electron chi connectivity index (χ3n) is 0.244. The van der Waals surface area contributed by atoms with Crippen LogP contribution in [0.25, 0.3) is 0 Å². The fourth-order valence-corrected chi connectivity index (χ4v) is 0. The van der Waals surface area contributed by atoms with E-state index in [9.17, 15) is 8.42 Å². The summed E-state index contributed by atoms with van der Waals surface area (Å²) in [5.74, 6) is 0. The summed E-state index contributed by atoms with van der Waals surface area (Å²) >= 11 is 2.34. The zero-order valence-corrected chi connectivity index (χ0v) is 5.51. The highest BCUT2D eigenvalue weighted by atomic mass is 79.9. The van der Waals surface area contributed by atoms with Gasteiger partial charge in [0.25, 0.3) is 8.46 Å². The van der Waals surface area contributed by atoms with Crippen LogP contribution in [0.1, 0.15) is 0 Å². The summed E-state index contributed by atoms with van der Waals surface area (Å²) in [5.41, 5.74) is 0. The van der Waals surface area contributed by atoms with Gasteiger partial charge in [-0.2, -0.15) is 0 Å². The Morgan fingerprint density at radius 2 is 1.83 bits per heavy atom. The molecule has 1 N–H and O–H groups in total. The SMILES string of the molecule is CNS(=O)(=O)Br. The van der Waals surface area contributed by atoms with E-state index < -0.39 is 8.46 Å². The Morgan fingerprint density at radius 3 is 1.83 bits per heavy atom. The van der Waals surface area contributed by atoms with Gasteiger partial charge < -0.3 is 0 Å². The molecule has 0 saturated heterocycles. The monoisotopic (exact) mass is 173 g/mol. The van der Waals surface area contributed by atoms with Crippen LogP contribution in [-0.4, -0.2) is 15.5 Å². The molecule has 0 fully saturated rings. The van der Waals surface area contributed by atoms with Crippen LogP contribution in [0, 0.1) is 0 Å². The molecule has 0 aromatic heterocycles. The molecular weight excluding hydrogens is 170 g/mol. The number of rotatable bonds is 1. The molecule has 0 spiro atoms. The van der Waals surface area contributed by atoms with Gasteiger partial charge in [-0.25, -0.2) is 13.1 Å². The molecular formula is CH4BrNO2S. The fourth-order valence-electron chi connectivity index (χ4n) is 0. The molecule has 0 unspecified atom stereocenters. The van der Waals surface area contributed by atoms with Gasteiger partial charge in [-0.05, 0) is 7.05 Å². The first kappa shape index (κ1) is 6.39. The molecule has 0 aliphatic carbocycles. The van der Waals surface area contributed by atoms with Gasteiger partial charge in [-0.1, -0.05) is 0 Å². The van der Waals surface area contributed by atoms with Gasteiger partial charge in [-0.3, -0.25) is 0 Å². The van der Waals surface area contributed by atoms with Gasteiger partial charge in [0.1, 0.15) is 0 Å². The number of hydrogen-bond donors (Lipinski definition) is 1. The van der Waals surface area contributed by atoms with E-state index in [0.29, 0.717) is 0 Å². The predicted molar refractivity (Wildman–Crippen MR) is 26.9 cm³/mol. The lowest BCUT2D eigenvalue weighted by atomic mass is 11.6. The summed E-state index contributed by atoms with van der Waals surface area (Å²) in [7, 11) is -1.78. The van der Waals surface area contributed by atoms with E-state index in [2.05, 4.69) is 14.8 Å². The molecule has 3 nitrogen and oxygen atoms in total. The second-order valence-corrected chi connectivity index (χ2v) is 4.48. The summed E-state index contributed by atoms with van der Waals surface area (Å²) in [6.07, 6.45) is 0. The molecule has 0 aromatic carbocycles. The lowest BCUT2D eigenvalue weighted by Crippen LogP contribution is -2.09. The number of hydrogen-bond acceptors (Lipinski definition) is 2. The van der Waals surface area contributed by atoms with E-state index in [0.717, 1.165) is 0 Å². The predicted octanol–water partition coefficient (Wildman–Crippen LogP) is -0.154. The highest BCUT2D eigenvalue weighted by Gasteiger charge is 1.92. The highest BCUT2D eigenvalue weighted by Crippen LogP contribution is 1.89. The maximum atomic E-state index is 9.81. The van der Waals surface area contributed by atoms with E-state index in [-0.39, 0.29) is 0 Å². The Morgan fingerprint density at radius 1 is 1.67 bits per heavy atom. The largest absolute Gasteiger partial charge is 0.271 e. The van der Waals surface area contributed by atoms with Crippen molar-refractivity contribution in [3.05, 3.63) is 0 Å². The summed E-state index contributed by atoms with van der Waals surface area (Å²) in [4.78, 5) is 0. The van der Waals surface area contributed by atoms with Crippen molar-refractivity contribution < 1.29 is 8.42 Å². The van der Waals surface area contributed by atoms with Crippen molar-refractivity contribution in [2.45, 2.75) is 0 Å². The smallest absolute Gasteiger partial charge is 0.209 e. The molecule has 0 amide bonds. The van der Waals surface area contributed by atoms with Crippen molar-refractivity contribution in [2.24, 2.45) is 0 Å². The van der Waals surface area contributed by atoms with Crippen molar-refractivity contribution in [2.75, 3.05) is 7.05 Å². The average Bonchev–Trinajstić information content (AvgIpc) is 1.35. The van der Waals surface area contributed by atoms with Gasteiger partial charge in [-0.15, -0.1) is 0 Å². The minimum absolute atomic E-state index is 1.32. The molecule has 6 heavy (non-hydrogen) atoms. The Balaban J connectivity index is 3.85. The lowest BCUT2D eigenvalue weighted by molar-refractivity contribution is 0.604. The van der Waals surface area contributed by atoms with E-state index >= 15 is 0 Å². The maximum absolute atomic E-state index is 9.81. The van der Waals surface area contributed by atoms with Crippen LogP contribution in [0.4, 0.5) is 0 Å². The first-order valence-electron chi connectivity index (χ1n) is 1.19. The Hall–Kier alpha value is 0.390. The van der Waals surface area contributed by atoms with Crippen LogP contribution in [0.2, 0.25) is 0 Å². The summed E-state index contributed by atoms with van der Waals surface area (Å²) in [6, 6.07) is 0. The third kappa shape index (κ3) is 4.39. The van der Waals surface area contributed by atoms with Crippen molar-refractivity contribution in [3.63, 3.8) is 0 Å². The first-order valence-corrected chi connectivity index (χ1v) is 4.52. The zero-order valence-electron chi connectivity index (χ0n) is 3.10. The molecule has 0 aliphatic heterocycles. The summed E-state index contributed by atoms with van der Waals surface area (Å²) in [6.45, 7) is 0. The van der Waals surface area contributed by atoms with E-state index in [1.54, 1.807) is 0 Å². The highest BCUT2D eigenvalue weighted by molar-refractivity contribution is 9.47. The van der Waals surface area contributed by atoms with Crippen LogP contribution in [0.3, 0.4) is 0 Å². The molecule has 0 rings (SSSR count). The molecule has 5 heteroatoms. The minimum atomic E-state index is -3.10. The molecule has 0 aromatic rings. The molecule has 0 atom stereocenters. The van der Waals surface area contributed by atoms with Crippen LogP contribution >= 0.6 is 14.8 Å². The van der Waals surface area contributed by atoms with Gasteiger partial charge in [0.2, 0.25) is 0 Å². The second-order valence-electron chi connectivity index (χ2n) is 0.642. The Kier molecular flexibility index (Phi) is 2.03. The van der Waals surface area contributed by atoms with Gasteiger partial charge >= 0.3 is 0 Å². The standard InChI is InChI=1S/CH4BrNO2S/c1-3-6(2,4)5/h3H,1H3. The summed E-state index contributed by atoms with van der Waals surface area (Å²) in [5, 5.41) is 0. The van der Waals surface area contributed by atoms with Crippen LogP contribution in [-0.2, 0) is 8.46 Å². The van der Waals surface area contributed by atoms with Crippen molar-refractivity contribution in [1.29, 1.82) is 0 Å². The average molecular weight is 174 g/mol. The second kappa shape index (κ2) is 1.90. The van der Waals surface area contributed by atoms with E-state index in [4.69, 9.17) is 0 Å². The van der Waals surface area contributed by atoms with Gasteiger partial charge in [0.05, 0.1) is 14.8 Å². The van der Waals surface area contributed by atoms with Crippen LogP contribution in [0.5, 0.6) is 0 Å². The summed E-state index contributed by atoms with van der Waals surface area (Å²) < 4.78 is 21.6. The molecule has 0 saturated carbocycles. The zero-order chi connectivity index (χ0) is 5.21. The normalized spacial score (nSPS) is 11.7. The topological polar surface area (TPSA) is 46.2 Å². The minimum Gasteiger partial charge on any atom is -0.209 e. The van der Waals surface area contributed by atoms with E-state index in [1.165, 1.54) is 7.05 Å². The Bertz CT molecular complexity index is 116. The molecule has 0 aliphatic rings. The van der Waals surface area contributed by atoms with E-state index in [1.807, 2.05) is 4.72 Å². The Labute approximate surface area is 44.0 Å². The third-order valence-corrected chi connectivity index (χ3v) is 1.70. The van der Waals surface area contributed by atoms with Crippen LogP contribution < -0.4 is 4.72 Å². The maximum Gasteiger partial charge on any atom is 0.271 e. The van der Waals surface area contributed by atoms with Gasteiger partial charge in [0, 0.05) is 0 Å². The van der Waals surface area contributed by atoms with Crippen molar-refractivity contribution in [3.8, 4) is 0 Å². The van der Waals surface area contributed by atoms with Crippen molar-refractivity contribution in [1.82, 2.24) is 4.72 Å². The molecule has 0 heterocycles. The first-order chi connectivity index (χ1) is 2.56. The molecule has 0 bridgehead atoms.